The van der Waals surface area contributed by atoms with Crippen molar-refractivity contribution in [2.24, 2.45) is 0 Å². The van der Waals surface area contributed by atoms with Gasteiger partial charge in [-0.2, -0.15) is 0 Å². The molecule has 8 heteroatoms. The van der Waals surface area contributed by atoms with Gasteiger partial charge >= 0.3 is 6.03 Å². The maximum Gasteiger partial charge on any atom is 0.324 e. The maximum atomic E-state index is 13.8. The molecule has 0 aliphatic carbocycles. The minimum atomic E-state index is -0.363. The summed E-state index contributed by atoms with van der Waals surface area (Å²) in [5.74, 6) is 1.43. The number of benzene rings is 2. The Bertz CT molecular complexity index is 927. The molecule has 1 aliphatic heterocycles. The van der Waals surface area contributed by atoms with Gasteiger partial charge in [0.15, 0.2) is 11.5 Å². The average molecular weight is 509 g/mol. The minimum absolute atomic E-state index is 0.0516. The Balaban J connectivity index is 1.82. The second kappa shape index (κ2) is 11.4. The number of rotatable bonds is 10. The number of halogens is 2. The summed E-state index contributed by atoms with van der Waals surface area (Å²) in [6.45, 7) is 4.00. The van der Waals surface area contributed by atoms with Gasteiger partial charge < -0.3 is 19.1 Å². The zero-order valence-corrected chi connectivity index (χ0v) is 20.4. The van der Waals surface area contributed by atoms with Crippen LogP contribution in [0, 0.1) is 5.82 Å². The van der Waals surface area contributed by atoms with Crippen LogP contribution >= 0.6 is 15.9 Å². The molecule has 1 saturated heterocycles. The molecule has 174 valence electrons. The van der Waals surface area contributed by atoms with Crippen molar-refractivity contribution >= 4 is 27.6 Å². The molecule has 6 nitrogen and oxygen atoms in total. The van der Waals surface area contributed by atoms with Gasteiger partial charge in [0.1, 0.15) is 11.6 Å². The van der Waals surface area contributed by atoms with Gasteiger partial charge in [-0.15, -0.1) is 0 Å². The van der Waals surface area contributed by atoms with E-state index in [-0.39, 0.29) is 23.2 Å². The average Bonchev–Trinajstić information content (AvgIpc) is 2.79. The zero-order chi connectivity index (χ0) is 23.1. The number of methoxy groups -OCH3 is 2. The van der Waals surface area contributed by atoms with Crippen LogP contribution in [-0.4, -0.2) is 49.7 Å². The van der Waals surface area contributed by atoms with Gasteiger partial charge in [0.25, 0.3) is 0 Å². The number of carbonyl (C=O) groups is 1. The number of unbranched alkanes of at least 4 members (excludes halogenated alkanes) is 2. The van der Waals surface area contributed by atoms with Gasteiger partial charge in [0.2, 0.25) is 0 Å². The van der Waals surface area contributed by atoms with Gasteiger partial charge in [-0.3, -0.25) is 4.90 Å². The van der Waals surface area contributed by atoms with E-state index in [0.29, 0.717) is 42.5 Å². The molecule has 0 spiro atoms. The van der Waals surface area contributed by atoms with Gasteiger partial charge in [0.05, 0.1) is 32.2 Å². The summed E-state index contributed by atoms with van der Waals surface area (Å²) in [5, 5.41) is 0. The van der Waals surface area contributed by atoms with Crippen molar-refractivity contribution in [2.45, 2.75) is 37.6 Å². The molecule has 1 atom stereocenters. The number of amides is 2. The number of nitrogens with zero attached hydrogens (tertiary/aromatic N) is 2. The Hall–Kier alpha value is -2.48. The molecule has 0 saturated carbocycles. The molecule has 2 amide bonds. The predicted octanol–water partition coefficient (Wildman–Crippen LogP) is 5.62. The van der Waals surface area contributed by atoms with Crippen molar-refractivity contribution in [1.82, 2.24) is 4.90 Å². The van der Waals surface area contributed by atoms with Crippen LogP contribution in [-0.2, 0) is 6.54 Å². The highest BCUT2D eigenvalue weighted by Crippen LogP contribution is 2.34. The van der Waals surface area contributed by atoms with E-state index in [4.69, 9.17) is 14.2 Å². The number of hydrogen-bond acceptors (Lipinski definition) is 4. The Morgan fingerprint density at radius 2 is 1.78 bits per heavy atom. The summed E-state index contributed by atoms with van der Waals surface area (Å²) in [5.41, 5.74) is 1.35. The third-order valence-electron chi connectivity index (χ3n) is 5.37. The van der Waals surface area contributed by atoms with E-state index in [9.17, 15) is 9.18 Å². The summed E-state index contributed by atoms with van der Waals surface area (Å²) in [7, 11) is 3.14. The van der Waals surface area contributed by atoms with Crippen LogP contribution < -0.4 is 19.1 Å². The molecule has 1 heterocycles. The standard InChI is InChI=1S/C24H30BrFN2O4/c1-4-5-6-11-32-23-13-20(8-10-22(23)31-3)28-16-18(25)15-27(24(28)29)14-17-12-19(26)7-9-21(17)30-2/h7-10,12-13,18H,4-6,11,14-16H2,1-3H3. The molecular weight excluding hydrogens is 479 g/mol. The number of urea groups is 1. The van der Waals surface area contributed by atoms with Crippen molar-refractivity contribution < 1.29 is 23.4 Å². The number of hydrogen-bond donors (Lipinski definition) is 0. The number of carbonyl (C=O) groups excluding carboxylic acids is 1. The summed E-state index contributed by atoms with van der Waals surface area (Å²) < 4.78 is 30.5. The highest BCUT2D eigenvalue weighted by molar-refractivity contribution is 9.09. The third-order valence-corrected chi connectivity index (χ3v) is 5.95. The number of alkyl halides is 1. The fourth-order valence-electron chi connectivity index (χ4n) is 3.73. The van der Waals surface area contributed by atoms with Crippen LogP contribution in [0.2, 0.25) is 0 Å². The molecule has 3 rings (SSSR count). The molecule has 0 radical (unpaired) electrons. The lowest BCUT2D eigenvalue weighted by Crippen LogP contribution is -2.53. The molecule has 1 fully saturated rings. The van der Waals surface area contributed by atoms with Crippen molar-refractivity contribution in [3.05, 3.63) is 47.8 Å². The van der Waals surface area contributed by atoms with E-state index in [1.165, 1.54) is 19.2 Å². The first-order chi connectivity index (χ1) is 15.5. The largest absolute Gasteiger partial charge is 0.496 e. The van der Waals surface area contributed by atoms with Gasteiger partial charge in [-0.25, -0.2) is 9.18 Å². The second-order valence-electron chi connectivity index (χ2n) is 7.72. The van der Waals surface area contributed by atoms with E-state index in [0.717, 1.165) is 24.9 Å². The van der Waals surface area contributed by atoms with E-state index >= 15 is 0 Å². The first-order valence-corrected chi connectivity index (χ1v) is 11.7. The van der Waals surface area contributed by atoms with Crippen molar-refractivity contribution in [1.29, 1.82) is 0 Å². The lowest BCUT2D eigenvalue weighted by Gasteiger charge is -2.38. The Labute approximate surface area is 197 Å². The molecule has 32 heavy (non-hydrogen) atoms. The molecule has 2 aromatic carbocycles. The van der Waals surface area contributed by atoms with Crippen LogP contribution in [0.1, 0.15) is 31.7 Å². The Morgan fingerprint density at radius 3 is 2.50 bits per heavy atom. The fourth-order valence-corrected chi connectivity index (χ4v) is 4.37. The van der Waals surface area contributed by atoms with Crippen LogP contribution in [0.25, 0.3) is 0 Å². The van der Waals surface area contributed by atoms with Gasteiger partial charge in [-0.1, -0.05) is 35.7 Å². The van der Waals surface area contributed by atoms with Crippen molar-refractivity contribution in [2.75, 3.05) is 38.8 Å². The summed E-state index contributed by atoms with van der Waals surface area (Å²) in [6.07, 6.45) is 3.16. The summed E-state index contributed by atoms with van der Waals surface area (Å²) in [4.78, 5) is 16.8. The normalized spacial score (nSPS) is 16.3. The van der Waals surface area contributed by atoms with Crippen molar-refractivity contribution in [3.8, 4) is 17.2 Å². The predicted molar refractivity (Wildman–Crippen MR) is 127 cm³/mol. The second-order valence-corrected chi connectivity index (χ2v) is 9.01. The molecule has 0 aromatic heterocycles. The Kier molecular flexibility index (Phi) is 8.61. The maximum absolute atomic E-state index is 13.8. The highest BCUT2D eigenvalue weighted by atomic mass is 79.9. The first kappa shape index (κ1) is 24.2. The zero-order valence-electron chi connectivity index (χ0n) is 18.8. The van der Waals surface area contributed by atoms with E-state index < -0.39 is 0 Å². The SMILES string of the molecule is CCCCCOc1cc(N2CC(Br)CN(Cc3cc(F)ccc3OC)C2=O)ccc1OC. The first-order valence-electron chi connectivity index (χ1n) is 10.8. The number of ether oxygens (including phenoxy) is 3. The van der Waals surface area contributed by atoms with Gasteiger partial charge in [-0.05, 0) is 36.8 Å². The fraction of sp³-hybridized carbons (Fsp3) is 0.458. The van der Waals surface area contributed by atoms with Crippen LogP contribution in [0.15, 0.2) is 36.4 Å². The van der Waals surface area contributed by atoms with Crippen LogP contribution in [0.5, 0.6) is 17.2 Å². The Morgan fingerprint density at radius 1 is 1.03 bits per heavy atom. The summed E-state index contributed by atoms with van der Waals surface area (Å²) >= 11 is 3.67. The summed E-state index contributed by atoms with van der Waals surface area (Å²) in [6, 6.07) is 9.68. The smallest absolute Gasteiger partial charge is 0.324 e. The third kappa shape index (κ3) is 5.85. The monoisotopic (exact) mass is 508 g/mol. The van der Waals surface area contributed by atoms with E-state index in [1.807, 2.05) is 18.2 Å². The molecule has 0 bridgehead atoms. The molecule has 1 aliphatic rings. The van der Waals surface area contributed by atoms with Crippen LogP contribution in [0.3, 0.4) is 0 Å². The molecular formula is C24H30BrFN2O4. The molecule has 1 unspecified atom stereocenters. The quantitative estimate of drug-likeness (QED) is 0.308. The highest BCUT2D eigenvalue weighted by Gasteiger charge is 2.32. The topological polar surface area (TPSA) is 51.2 Å². The minimum Gasteiger partial charge on any atom is -0.496 e. The lowest BCUT2D eigenvalue weighted by atomic mass is 10.1. The molecule has 2 aromatic rings. The van der Waals surface area contributed by atoms with E-state index in [2.05, 4.69) is 22.9 Å². The van der Waals surface area contributed by atoms with E-state index in [1.54, 1.807) is 23.0 Å². The lowest BCUT2D eigenvalue weighted by molar-refractivity contribution is 0.193. The van der Waals surface area contributed by atoms with Crippen LogP contribution in [0.4, 0.5) is 14.9 Å². The van der Waals surface area contributed by atoms with Crippen molar-refractivity contribution in [3.63, 3.8) is 0 Å². The number of anilines is 1. The molecule has 0 N–H and O–H groups in total. The van der Waals surface area contributed by atoms with Gasteiger partial charge in [0, 0.05) is 30.4 Å².